The smallest absolute Gasteiger partial charge is 0.255 e. The molecule has 2 aromatic heterocycles. The normalized spacial score (nSPS) is 25.4. The number of nitrogens with zero attached hydrogens (tertiary/aromatic N) is 3. The van der Waals surface area contributed by atoms with Crippen LogP contribution in [-0.2, 0) is 0 Å². The lowest BCUT2D eigenvalue weighted by Gasteiger charge is -2.16. The molecule has 1 saturated heterocycles. The van der Waals surface area contributed by atoms with E-state index in [1.165, 1.54) is 19.3 Å². The van der Waals surface area contributed by atoms with Crippen LogP contribution in [0.25, 0.3) is 11.2 Å². The summed E-state index contributed by atoms with van der Waals surface area (Å²) in [5, 5.41) is 0. The van der Waals surface area contributed by atoms with Crippen molar-refractivity contribution in [2.75, 3.05) is 13.1 Å². The highest BCUT2D eigenvalue weighted by Gasteiger charge is 2.38. The van der Waals surface area contributed by atoms with E-state index in [0.717, 1.165) is 13.1 Å². The van der Waals surface area contributed by atoms with Gasteiger partial charge in [-0.05, 0) is 30.7 Å². The van der Waals surface area contributed by atoms with E-state index in [1.54, 1.807) is 19.2 Å². The Morgan fingerprint density at radius 2 is 2.10 bits per heavy atom. The zero-order valence-electron chi connectivity index (χ0n) is 11.5. The molecule has 1 aliphatic heterocycles. The number of oxazole rings is 1. The van der Waals surface area contributed by atoms with Gasteiger partial charge in [0.15, 0.2) is 17.1 Å². The number of likely N-dealkylation sites (tertiary alicyclic amines) is 1. The topological polar surface area (TPSA) is 59.2 Å². The summed E-state index contributed by atoms with van der Waals surface area (Å²) in [7, 11) is 0. The fourth-order valence-corrected chi connectivity index (χ4v) is 3.63. The molecule has 0 N–H and O–H groups in total. The van der Waals surface area contributed by atoms with Crippen LogP contribution in [0.1, 0.15) is 35.5 Å². The van der Waals surface area contributed by atoms with Crippen molar-refractivity contribution >= 4 is 17.1 Å². The maximum atomic E-state index is 12.6. The Kier molecular flexibility index (Phi) is 2.55. The lowest BCUT2D eigenvalue weighted by molar-refractivity contribution is 0.0780. The standard InChI is InChI=1S/C15H17N3O2/c1-9-17-14-13(20-9)5-12(6-16-14)15(19)18-7-10-3-2-4-11(10)8-18/h5-6,10-11H,2-4,7-8H2,1H3/t10-,11+. The highest BCUT2D eigenvalue weighted by molar-refractivity contribution is 5.96. The predicted molar refractivity (Wildman–Crippen MR) is 73.3 cm³/mol. The molecule has 3 heterocycles. The molecule has 2 aliphatic rings. The Bertz CT molecular complexity index is 667. The lowest BCUT2D eigenvalue weighted by Crippen LogP contribution is -2.29. The van der Waals surface area contributed by atoms with Gasteiger partial charge >= 0.3 is 0 Å². The zero-order valence-corrected chi connectivity index (χ0v) is 11.5. The molecular weight excluding hydrogens is 254 g/mol. The molecule has 0 spiro atoms. The summed E-state index contributed by atoms with van der Waals surface area (Å²) in [6, 6.07) is 1.76. The van der Waals surface area contributed by atoms with Crippen molar-refractivity contribution in [3.05, 3.63) is 23.7 Å². The minimum atomic E-state index is 0.0721. The van der Waals surface area contributed by atoms with Gasteiger partial charge in [-0.25, -0.2) is 4.98 Å². The second kappa shape index (κ2) is 4.30. The Balaban J connectivity index is 1.60. The second-order valence-electron chi connectivity index (χ2n) is 5.94. The van der Waals surface area contributed by atoms with Crippen LogP contribution in [0.3, 0.4) is 0 Å². The number of pyridine rings is 1. The summed E-state index contributed by atoms with van der Waals surface area (Å²) >= 11 is 0. The zero-order chi connectivity index (χ0) is 13.7. The molecule has 4 rings (SSSR count). The number of aromatic nitrogens is 2. The third kappa shape index (κ3) is 1.80. The van der Waals surface area contributed by atoms with Gasteiger partial charge in [-0.2, -0.15) is 4.98 Å². The molecular formula is C15H17N3O2. The minimum absolute atomic E-state index is 0.0721. The number of carbonyl (C=O) groups is 1. The van der Waals surface area contributed by atoms with Gasteiger partial charge < -0.3 is 9.32 Å². The summed E-state index contributed by atoms with van der Waals surface area (Å²) in [6.07, 6.45) is 5.48. The number of aryl methyl sites for hydroxylation is 1. The first kappa shape index (κ1) is 11.9. The van der Waals surface area contributed by atoms with Crippen molar-refractivity contribution in [2.24, 2.45) is 11.8 Å². The second-order valence-corrected chi connectivity index (χ2v) is 5.94. The Morgan fingerprint density at radius 3 is 2.85 bits per heavy atom. The minimum Gasteiger partial charge on any atom is -0.439 e. The van der Waals surface area contributed by atoms with Gasteiger partial charge in [-0.1, -0.05) is 6.42 Å². The quantitative estimate of drug-likeness (QED) is 0.799. The summed E-state index contributed by atoms with van der Waals surface area (Å²) < 4.78 is 5.45. The van der Waals surface area contributed by atoms with E-state index in [0.29, 0.717) is 34.5 Å². The van der Waals surface area contributed by atoms with E-state index in [4.69, 9.17) is 4.42 Å². The molecule has 2 aromatic rings. The van der Waals surface area contributed by atoms with Crippen LogP contribution in [0.2, 0.25) is 0 Å². The van der Waals surface area contributed by atoms with Crippen molar-refractivity contribution in [3.8, 4) is 0 Å². The maximum Gasteiger partial charge on any atom is 0.255 e. The molecule has 1 aliphatic carbocycles. The first-order valence-electron chi connectivity index (χ1n) is 7.23. The van der Waals surface area contributed by atoms with Crippen LogP contribution in [-0.4, -0.2) is 33.9 Å². The van der Waals surface area contributed by atoms with E-state index in [1.807, 2.05) is 4.90 Å². The molecule has 1 saturated carbocycles. The number of fused-ring (bicyclic) bond motifs is 2. The molecule has 0 unspecified atom stereocenters. The monoisotopic (exact) mass is 271 g/mol. The predicted octanol–water partition coefficient (Wildman–Crippen LogP) is 2.40. The van der Waals surface area contributed by atoms with Gasteiger partial charge in [0, 0.05) is 26.2 Å². The van der Waals surface area contributed by atoms with Gasteiger partial charge in [-0.3, -0.25) is 4.79 Å². The van der Waals surface area contributed by atoms with Crippen molar-refractivity contribution in [3.63, 3.8) is 0 Å². The van der Waals surface area contributed by atoms with Gasteiger partial charge in [-0.15, -0.1) is 0 Å². The maximum absolute atomic E-state index is 12.6. The van der Waals surface area contributed by atoms with Crippen LogP contribution in [0.15, 0.2) is 16.7 Å². The lowest BCUT2D eigenvalue weighted by atomic mass is 10.0. The summed E-state index contributed by atoms with van der Waals surface area (Å²) in [5.74, 6) is 2.07. The van der Waals surface area contributed by atoms with Crippen LogP contribution in [0.4, 0.5) is 0 Å². The van der Waals surface area contributed by atoms with Crippen LogP contribution >= 0.6 is 0 Å². The molecule has 0 radical (unpaired) electrons. The van der Waals surface area contributed by atoms with Gasteiger partial charge in [0.25, 0.3) is 5.91 Å². The summed E-state index contributed by atoms with van der Waals surface area (Å²) in [5.41, 5.74) is 1.76. The molecule has 2 atom stereocenters. The third-order valence-corrected chi connectivity index (χ3v) is 4.61. The van der Waals surface area contributed by atoms with Crippen LogP contribution in [0.5, 0.6) is 0 Å². The van der Waals surface area contributed by atoms with Gasteiger partial charge in [0.2, 0.25) is 0 Å². The molecule has 0 bridgehead atoms. The Hall–Kier alpha value is -1.91. The average molecular weight is 271 g/mol. The number of amides is 1. The van der Waals surface area contributed by atoms with Crippen molar-refractivity contribution in [2.45, 2.75) is 26.2 Å². The highest BCUT2D eigenvalue weighted by Crippen LogP contribution is 2.38. The number of hydrogen-bond acceptors (Lipinski definition) is 4. The van der Waals surface area contributed by atoms with Crippen LogP contribution in [0, 0.1) is 18.8 Å². The molecule has 5 nitrogen and oxygen atoms in total. The van der Waals surface area contributed by atoms with Crippen molar-refractivity contribution in [1.29, 1.82) is 0 Å². The fraction of sp³-hybridized carbons (Fsp3) is 0.533. The van der Waals surface area contributed by atoms with Gasteiger partial charge in [0.1, 0.15) is 0 Å². The van der Waals surface area contributed by atoms with Crippen LogP contribution < -0.4 is 0 Å². The largest absolute Gasteiger partial charge is 0.439 e. The van der Waals surface area contributed by atoms with Crippen molar-refractivity contribution in [1.82, 2.24) is 14.9 Å². The van der Waals surface area contributed by atoms with E-state index in [-0.39, 0.29) is 5.91 Å². The molecule has 5 heteroatoms. The average Bonchev–Trinajstić information content (AvgIpc) is 3.08. The molecule has 1 amide bonds. The van der Waals surface area contributed by atoms with E-state index in [2.05, 4.69) is 9.97 Å². The van der Waals surface area contributed by atoms with E-state index >= 15 is 0 Å². The number of hydrogen-bond donors (Lipinski definition) is 0. The number of carbonyl (C=O) groups excluding carboxylic acids is 1. The Labute approximate surface area is 117 Å². The third-order valence-electron chi connectivity index (χ3n) is 4.61. The van der Waals surface area contributed by atoms with Gasteiger partial charge in [0.05, 0.1) is 5.56 Å². The molecule has 2 fully saturated rings. The summed E-state index contributed by atoms with van der Waals surface area (Å²) in [6.45, 7) is 3.58. The summed E-state index contributed by atoms with van der Waals surface area (Å²) in [4.78, 5) is 22.9. The number of rotatable bonds is 1. The van der Waals surface area contributed by atoms with E-state index in [9.17, 15) is 4.79 Å². The SMILES string of the molecule is Cc1nc2ncc(C(=O)N3C[C@H]4CCC[C@H]4C3)cc2o1. The first-order valence-corrected chi connectivity index (χ1v) is 7.23. The highest BCUT2D eigenvalue weighted by atomic mass is 16.3. The van der Waals surface area contributed by atoms with E-state index < -0.39 is 0 Å². The molecule has 104 valence electrons. The van der Waals surface area contributed by atoms with Crippen molar-refractivity contribution < 1.29 is 9.21 Å². The fourth-order valence-electron chi connectivity index (χ4n) is 3.63. The molecule has 0 aromatic carbocycles. The molecule has 20 heavy (non-hydrogen) atoms. The Morgan fingerprint density at radius 1 is 1.35 bits per heavy atom. The first-order chi connectivity index (χ1) is 9.70.